The number of hydrogen-bond acceptors (Lipinski definition) is 4. The van der Waals surface area contributed by atoms with Gasteiger partial charge in [-0.05, 0) is 25.1 Å². The van der Waals surface area contributed by atoms with Crippen LogP contribution in [0.1, 0.15) is 21.8 Å². The summed E-state index contributed by atoms with van der Waals surface area (Å²) in [6.45, 7) is 1.82. The molecule has 2 heterocycles. The molecule has 0 unspecified atom stereocenters. The Morgan fingerprint density at radius 1 is 1.47 bits per heavy atom. The van der Waals surface area contributed by atoms with Crippen molar-refractivity contribution in [3.05, 3.63) is 47.5 Å². The molecular formula is C14H13N3O2. The van der Waals surface area contributed by atoms with E-state index in [9.17, 15) is 4.79 Å². The van der Waals surface area contributed by atoms with Gasteiger partial charge in [-0.2, -0.15) is 5.26 Å². The monoisotopic (exact) mass is 255 g/mol. The first-order valence-corrected chi connectivity index (χ1v) is 5.78. The molecule has 1 amide bonds. The lowest BCUT2D eigenvalue weighted by Crippen LogP contribution is -2.25. The number of pyridine rings is 1. The average molecular weight is 255 g/mol. The van der Waals surface area contributed by atoms with Crippen LogP contribution in [0.5, 0.6) is 0 Å². The molecule has 19 heavy (non-hydrogen) atoms. The maximum absolute atomic E-state index is 12.3. The van der Waals surface area contributed by atoms with Crippen molar-refractivity contribution in [3.63, 3.8) is 0 Å². The Labute approximate surface area is 111 Å². The molecular weight excluding hydrogens is 242 g/mol. The van der Waals surface area contributed by atoms with E-state index in [2.05, 4.69) is 4.98 Å². The maximum atomic E-state index is 12.3. The SMILES string of the molecule is Cc1ccc(N(C)C(=O)c2ccnc(CC#N)c2)o1. The molecule has 2 aromatic heterocycles. The summed E-state index contributed by atoms with van der Waals surface area (Å²) >= 11 is 0. The smallest absolute Gasteiger partial charge is 0.260 e. The van der Waals surface area contributed by atoms with Gasteiger partial charge in [0.2, 0.25) is 5.88 Å². The summed E-state index contributed by atoms with van der Waals surface area (Å²) in [7, 11) is 1.64. The van der Waals surface area contributed by atoms with Crippen molar-refractivity contribution in [2.24, 2.45) is 0 Å². The summed E-state index contributed by atoms with van der Waals surface area (Å²) in [5.41, 5.74) is 1.06. The second kappa shape index (κ2) is 5.36. The number of carbonyl (C=O) groups excluding carboxylic acids is 1. The number of aryl methyl sites for hydroxylation is 1. The zero-order valence-corrected chi connectivity index (χ0v) is 10.8. The zero-order valence-electron chi connectivity index (χ0n) is 10.8. The highest BCUT2D eigenvalue weighted by Crippen LogP contribution is 2.18. The second-order valence-corrected chi connectivity index (χ2v) is 4.12. The number of carbonyl (C=O) groups is 1. The highest BCUT2D eigenvalue weighted by atomic mass is 16.4. The number of nitrogens with zero attached hydrogens (tertiary/aromatic N) is 3. The Morgan fingerprint density at radius 2 is 2.26 bits per heavy atom. The van der Waals surface area contributed by atoms with Gasteiger partial charge in [0.05, 0.1) is 18.2 Å². The predicted octanol–water partition coefficient (Wildman–Crippen LogP) is 2.33. The van der Waals surface area contributed by atoms with Gasteiger partial charge in [-0.3, -0.25) is 14.7 Å². The van der Waals surface area contributed by atoms with E-state index >= 15 is 0 Å². The molecule has 0 aliphatic heterocycles. The fraction of sp³-hybridized carbons (Fsp3) is 0.214. The quantitative estimate of drug-likeness (QED) is 0.843. The number of nitriles is 1. The number of aromatic nitrogens is 1. The molecule has 0 bridgehead atoms. The molecule has 5 nitrogen and oxygen atoms in total. The molecule has 0 aliphatic carbocycles. The maximum Gasteiger partial charge on any atom is 0.260 e. The summed E-state index contributed by atoms with van der Waals surface area (Å²) in [6, 6.07) is 8.79. The Bertz CT molecular complexity index is 640. The van der Waals surface area contributed by atoms with Gasteiger partial charge in [0.1, 0.15) is 5.76 Å². The van der Waals surface area contributed by atoms with Crippen molar-refractivity contribution in [3.8, 4) is 6.07 Å². The Hall–Kier alpha value is -2.61. The Balaban J connectivity index is 2.24. The minimum absolute atomic E-state index is 0.185. The zero-order chi connectivity index (χ0) is 13.8. The largest absolute Gasteiger partial charge is 0.445 e. The number of amides is 1. The van der Waals surface area contributed by atoms with E-state index in [1.807, 2.05) is 13.0 Å². The summed E-state index contributed by atoms with van der Waals surface area (Å²) in [6.07, 6.45) is 1.71. The summed E-state index contributed by atoms with van der Waals surface area (Å²) in [4.78, 5) is 17.7. The first kappa shape index (κ1) is 12.8. The molecule has 0 aromatic carbocycles. The third-order valence-electron chi connectivity index (χ3n) is 2.69. The third kappa shape index (κ3) is 2.80. The van der Waals surface area contributed by atoms with E-state index in [1.54, 1.807) is 31.3 Å². The van der Waals surface area contributed by atoms with Crippen molar-refractivity contribution >= 4 is 11.8 Å². The van der Waals surface area contributed by atoms with Gasteiger partial charge in [-0.1, -0.05) is 0 Å². The normalized spacial score (nSPS) is 9.95. The molecule has 2 aromatic rings. The van der Waals surface area contributed by atoms with E-state index in [0.29, 0.717) is 17.1 Å². The van der Waals surface area contributed by atoms with E-state index in [-0.39, 0.29) is 12.3 Å². The molecule has 0 saturated carbocycles. The van der Waals surface area contributed by atoms with Crippen molar-refractivity contribution in [1.29, 1.82) is 5.26 Å². The first-order chi connectivity index (χ1) is 9.11. The molecule has 0 radical (unpaired) electrons. The predicted molar refractivity (Wildman–Crippen MR) is 69.7 cm³/mol. The number of rotatable bonds is 3. The van der Waals surface area contributed by atoms with Crippen LogP contribution >= 0.6 is 0 Å². The number of furan rings is 1. The van der Waals surface area contributed by atoms with Gasteiger partial charge in [0, 0.05) is 24.9 Å². The standard InChI is InChI=1S/C14H13N3O2/c1-10-3-4-13(19-10)17(2)14(18)11-6-8-16-12(9-11)5-7-15/h3-4,6,8-9H,5H2,1-2H3. The lowest BCUT2D eigenvalue weighted by Gasteiger charge is -2.14. The molecule has 2 rings (SSSR count). The highest BCUT2D eigenvalue weighted by molar-refractivity contribution is 6.04. The van der Waals surface area contributed by atoms with Crippen LogP contribution in [-0.2, 0) is 6.42 Å². The molecule has 0 atom stereocenters. The molecule has 0 fully saturated rings. The lowest BCUT2D eigenvalue weighted by molar-refractivity contribution is 0.0988. The summed E-state index contributed by atoms with van der Waals surface area (Å²) in [5, 5.41) is 8.64. The van der Waals surface area contributed by atoms with E-state index in [4.69, 9.17) is 9.68 Å². The topological polar surface area (TPSA) is 70.1 Å². The van der Waals surface area contributed by atoms with Gasteiger partial charge in [0.25, 0.3) is 5.91 Å². The van der Waals surface area contributed by atoms with E-state index in [0.717, 1.165) is 5.76 Å². The highest BCUT2D eigenvalue weighted by Gasteiger charge is 2.16. The minimum Gasteiger partial charge on any atom is -0.445 e. The lowest BCUT2D eigenvalue weighted by atomic mass is 10.2. The van der Waals surface area contributed by atoms with Gasteiger partial charge in [-0.15, -0.1) is 0 Å². The molecule has 0 aliphatic rings. The van der Waals surface area contributed by atoms with Crippen LogP contribution in [0.25, 0.3) is 0 Å². The summed E-state index contributed by atoms with van der Waals surface area (Å²) < 4.78 is 5.40. The molecule has 5 heteroatoms. The van der Waals surface area contributed by atoms with Crippen LogP contribution in [0.15, 0.2) is 34.9 Å². The van der Waals surface area contributed by atoms with Crippen molar-refractivity contribution < 1.29 is 9.21 Å². The first-order valence-electron chi connectivity index (χ1n) is 5.78. The van der Waals surface area contributed by atoms with Crippen molar-refractivity contribution in [2.75, 3.05) is 11.9 Å². The second-order valence-electron chi connectivity index (χ2n) is 4.12. The molecule has 96 valence electrons. The minimum atomic E-state index is -0.198. The molecule has 0 spiro atoms. The van der Waals surface area contributed by atoms with Crippen molar-refractivity contribution in [1.82, 2.24) is 4.98 Å². The van der Waals surface area contributed by atoms with Gasteiger partial charge >= 0.3 is 0 Å². The van der Waals surface area contributed by atoms with Gasteiger partial charge < -0.3 is 4.42 Å². The van der Waals surface area contributed by atoms with Crippen LogP contribution in [0.2, 0.25) is 0 Å². The average Bonchev–Trinajstić information content (AvgIpc) is 2.84. The van der Waals surface area contributed by atoms with Crippen LogP contribution in [-0.4, -0.2) is 17.9 Å². The molecule has 0 N–H and O–H groups in total. The fourth-order valence-corrected chi connectivity index (χ4v) is 1.68. The van der Waals surface area contributed by atoms with E-state index < -0.39 is 0 Å². The van der Waals surface area contributed by atoms with Crippen LogP contribution in [0, 0.1) is 18.3 Å². The van der Waals surface area contributed by atoms with Crippen molar-refractivity contribution in [2.45, 2.75) is 13.3 Å². The third-order valence-corrected chi connectivity index (χ3v) is 2.69. The van der Waals surface area contributed by atoms with Crippen LogP contribution in [0.3, 0.4) is 0 Å². The van der Waals surface area contributed by atoms with Crippen LogP contribution in [0.4, 0.5) is 5.88 Å². The Kier molecular flexibility index (Phi) is 3.62. The number of anilines is 1. The fourth-order valence-electron chi connectivity index (χ4n) is 1.68. The van der Waals surface area contributed by atoms with E-state index in [1.165, 1.54) is 11.1 Å². The number of hydrogen-bond donors (Lipinski definition) is 0. The van der Waals surface area contributed by atoms with Gasteiger partial charge in [-0.25, -0.2) is 0 Å². The summed E-state index contributed by atoms with van der Waals surface area (Å²) in [5.74, 6) is 1.03. The molecule has 0 saturated heterocycles. The van der Waals surface area contributed by atoms with Gasteiger partial charge in [0.15, 0.2) is 0 Å². The van der Waals surface area contributed by atoms with Crippen LogP contribution < -0.4 is 4.90 Å². The Morgan fingerprint density at radius 3 is 2.89 bits per heavy atom.